The Morgan fingerprint density at radius 3 is 2.36 bits per heavy atom. The standard InChI is InChI=1S/C30H44O7S2/c1-19-8-10-22(11-9-19)39(33,34)36-17-25(31)37-24-16-28(4,18-38-7)27(32)21(3)30-14-12-20(2)29(24,5)26(30)23(35-6)13-15-30/h8-11,20-21,23-24,26H,12-18H2,1-7H3/t20-,21-,23+,24+,26+,28-,29-,30-/m0/s1. The van der Waals surface area contributed by atoms with Crippen molar-refractivity contribution in [3.63, 3.8) is 0 Å². The van der Waals surface area contributed by atoms with Crippen LogP contribution in [0.15, 0.2) is 29.2 Å². The van der Waals surface area contributed by atoms with Gasteiger partial charge < -0.3 is 9.47 Å². The lowest BCUT2D eigenvalue weighted by Crippen LogP contribution is -2.63. The molecule has 0 aromatic heterocycles. The lowest BCUT2D eigenvalue weighted by molar-refractivity contribution is -0.206. The lowest BCUT2D eigenvalue weighted by atomic mass is 9.44. The average molecular weight is 581 g/mol. The van der Waals surface area contributed by atoms with Gasteiger partial charge in [-0.05, 0) is 68.7 Å². The van der Waals surface area contributed by atoms with Gasteiger partial charge in [-0.25, -0.2) is 4.79 Å². The predicted molar refractivity (Wildman–Crippen MR) is 152 cm³/mol. The fourth-order valence-electron chi connectivity index (χ4n) is 8.20. The van der Waals surface area contributed by atoms with Crippen molar-refractivity contribution in [2.24, 2.45) is 34.0 Å². The van der Waals surface area contributed by atoms with E-state index in [-0.39, 0.29) is 40.0 Å². The number of rotatable bonds is 8. The van der Waals surface area contributed by atoms with E-state index in [0.717, 1.165) is 31.2 Å². The van der Waals surface area contributed by atoms with Gasteiger partial charge in [0.25, 0.3) is 10.1 Å². The third kappa shape index (κ3) is 5.22. The van der Waals surface area contributed by atoms with Crippen LogP contribution in [0.5, 0.6) is 0 Å². The Balaban J connectivity index is 1.68. The number of ketones is 1. The quantitative estimate of drug-likeness (QED) is 0.296. The van der Waals surface area contributed by atoms with E-state index in [4.69, 9.17) is 13.7 Å². The maximum absolute atomic E-state index is 14.2. The molecule has 8 atom stereocenters. The Bertz CT molecular complexity index is 1180. The van der Waals surface area contributed by atoms with Gasteiger partial charge in [0.05, 0.1) is 11.0 Å². The highest BCUT2D eigenvalue weighted by atomic mass is 32.2. The molecule has 2 bridgehead atoms. The summed E-state index contributed by atoms with van der Waals surface area (Å²) in [4.78, 5) is 27.5. The van der Waals surface area contributed by atoms with Gasteiger partial charge in [0.2, 0.25) is 0 Å². The Morgan fingerprint density at radius 1 is 1.10 bits per heavy atom. The van der Waals surface area contributed by atoms with Gasteiger partial charge in [0.1, 0.15) is 11.9 Å². The number of hydrogen-bond acceptors (Lipinski definition) is 8. The van der Waals surface area contributed by atoms with E-state index in [1.807, 2.05) is 20.1 Å². The molecule has 0 saturated heterocycles. The maximum atomic E-state index is 14.2. The van der Waals surface area contributed by atoms with E-state index in [1.54, 1.807) is 31.0 Å². The van der Waals surface area contributed by atoms with E-state index in [9.17, 15) is 18.0 Å². The molecule has 0 unspecified atom stereocenters. The molecule has 0 radical (unpaired) electrons. The summed E-state index contributed by atoms with van der Waals surface area (Å²) in [5.74, 6) is 0.272. The Morgan fingerprint density at radius 2 is 1.74 bits per heavy atom. The van der Waals surface area contributed by atoms with E-state index in [2.05, 4.69) is 20.8 Å². The van der Waals surface area contributed by atoms with Crippen LogP contribution in [0.3, 0.4) is 0 Å². The molecule has 1 aromatic rings. The molecule has 4 rings (SSSR count). The Labute approximate surface area is 238 Å². The average Bonchev–Trinajstić information content (AvgIpc) is 3.29. The molecule has 1 aromatic carbocycles. The maximum Gasteiger partial charge on any atom is 0.333 e. The zero-order chi connectivity index (χ0) is 28.8. The third-order valence-corrected chi connectivity index (χ3v) is 12.7. The molecule has 3 aliphatic rings. The number of methoxy groups -OCH3 is 1. The molecule has 39 heavy (non-hydrogen) atoms. The zero-order valence-corrected chi connectivity index (χ0v) is 26.0. The first-order valence-electron chi connectivity index (χ1n) is 14.0. The number of Topliss-reactive ketones (excluding diaryl/α,β-unsaturated/α-hetero) is 1. The number of carbonyl (C=O) groups is 2. The summed E-state index contributed by atoms with van der Waals surface area (Å²) >= 11 is 1.63. The van der Waals surface area contributed by atoms with Gasteiger partial charge in [-0.1, -0.05) is 45.4 Å². The largest absolute Gasteiger partial charge is 0.460 e. The molecule has 0 spiro atoms. The summed E-state index contributed by atoms with van der Waals surface area (Å²) in [6.07, 6.45) is 5.45. The number of benzene rings is 1. The van der Waals surface area contributed by atoms with E-state index in [0.29, 0.717) is 12.2 Å². The van der Waals surface area contributed by atoms with Crippen LogP contribution in [0, 0.1) is 40.9 Å². The molecule has 3 fully saturated rings. The van der Waals surface area contributed by atoms with Gasteiger partial charge in [0, 0.05) is 35.5 Å². The lowest BCUT2D eigenvalue weighted by Gasteiger charge is -2.61. The van der Waals surface area contributed by atoms with Crippen molar-refractivity contribution in [1.82, 2.24) is 0 Å². The van der Waals surface area contributed by atoms with Crippen molar-refractivity contribution >= 4 is 33.6 Å². The highest BCUT2D eigenvalue weighted by molar-refractivity contribution is 7.98. The van der Waals surface area contributed by atoms with E-state index in [1.165, 1.54) is 12.1 Å². The highest BCUT2D eigenvalue weighted by Crippen LogP contribution is 2.68. The third-order valence-electron chi connectivity index (χ3n) is 10.5. The zero-order valence-electron chi connectivity index (χ0n) is 24.3. The first-order valence-corrected chi connectivity index (χ1v) is 16.8. The molecular weight excluding hydrogens is 536 g/mol. The normalized spacial score (nSPS) is 38.5. The molecule has 0 N–H and O–H groups in total. The second kappa shape index (κ2) is 11.1. The minimum absolute atomic E-state index is 0.00877. The Hall–Kier alpha value is -1.42. The molecule has 0 amide bonds. The van der Waals surface area contributed by atoms with Crippen LogP contribution in [-0.2, 0) is 33.4 Å². The number of thioether (sulfide) groups is 1. The molecule has 0 aliphatic heterocycles. The van der Waals surface area contributed by atoms with Crippen LogP contribution in [0.4, 0.5) is 0 Å². The van der Waals surface area contributed by atoms with Crippen LogP contribution in [0.1, 0.15) is 65.4 Å². The van der Waals surface area contributed by atoms with Crippen molar-refractivity contribution in [2.75, 3.05) is 25.7 Å². The summed E-state index contributed by atoms with van der Waals surface area (Å²) in [5.41, 5.74) is -0.424. The fraction of sp³-hybridized carbons (Fsp3) is 0.733. The van der Waals surface area contributed by atoms with E-state index >= 15 is 0 Å². The molecule has 218 valence electrons. The number of carbonyl (C=O) groups excluding carboxylic acids is 2. The van der Waals surface area contributed by atoms with Crippen molar-refractivity contribution in [2.45, 2.75) is 83.8 Å². The number of hydrogen-bond donors (Lipinski definition) is 0. The molecule has 7 nitrogen and oxygen atoms in total. The summed E-state index contributed by atoms with van der Waals surface area (Å²) in [7, 11) is -2.38. The SMILES string of the molecule is CO[C@@H]1CC[C@@]23CC[C@H](C)[C@@](C)([C@H](OC(=O)COS(=O)(=O)c4ccc(C)cc4)C[C@@](C)(CSC)C(=O)[C@@H]2C)[C@@H]13. The highest BCUT2D eigenvalue weighted by Gasteiger charge is 2.68. The minimum Gasteiger partial charge on any atom is -0.460 e. The van der Waals surface area contributed by atoms with Crippen LogP contribution >= 0.6 is 11.8 Å². The van der Waals surface area contributed by atoms with Crippen LogP contribution in [0.2, 0.25) is 0 Å². The molecule has 0 heterocycles. The van der Waals surface area contributed by atoms with Gasteiger partial charge in [-0.15, -0.1) is 0 Å². The number of esters is 1. The molecule has 9 heteroatoms. The van der Waals surface area contributed by atoms with Gasteiger partial charge in [0.15, 0.2) is 6.61 Å². The Kier molecular flexibility index (Phi) is 8.69. The molecule has 3 saturated carbocycles. The second-order valence-electron chi connectivity index (χ2n) is 12.6. The van der Waals surface area contributed by atoms with Crippen LogP contribution < -0.4 is 0 Å². The van der Waals surface area contributed by atoms with Gasteiger partial charge in [-0.3, -0.25) is 8.98 Å². The monoisotopic (exact) mass is 580 g/mol. The van der Waals surface area contributed by atoms with Crippen molar-refractivity contribution in [3.05, 3.63) is 29.8 Å². The second-order valence-corrected chi connectivity index (χ2v) is 15.1. The van der Waals surface area contributed by atoms with Crippen LogP contribution in [-0.4, -0.2) is 58.1 Å². The summed E-state index contributed by atoms with van der Waals surface area (Å²) in [6, 6.07) is 6.28. The summed E-state index contributed by atoms with van der Waals surface area (Å²) in [6.45, 7) is 9.68. The number of aryl methyl sites for hydroxylation is 1. The smallest absolute Gasteiger partial charge is 0.333 e. The van der Waals surface area contributed by atoms with E-state index < -0.39 is 39.6 Å². The minimum atomic E-state index is -4.12. The molecular formula is C30H44O7S2. The van der Waals surface area contributed by atoms with Crippen molar-refractivity contribution < 1.29 is 31.7 Å². The van der Waals surface area contributed by atoms with Gasteiger partial charge >= 0.3 is 5.97 Å². The fourth-order valence-corrected chi connectivity index (χ4v) is 9.96. The summed E-state index contributed by atoms with van der Waals surface area (Å²) < 4.78 is 42.9. The van der Waals surface area contributed by atoms with Crippen molar-refractivity contribution in [3.8, 4) is 0 Å². The number of ether oxygens (including phenoxy) is 2. The first-order chi connectivity index (χ1) is 18.2. The van der Waals surface area contributed by atoms with Gasteiger partial charge in [-0.2, -0.15) is 20.2 Å². The van der Waals surface area contributed by atoms with Crippen molar-refractivity contribution in [1.29, 1.82) is 0 Å². The summed E-state index contributed by atoms with van der Waals surface area (Å²) in [5, 5.41) is 0. The van der Waals surface area contributed by atoms with Crippen LogP contribution in [0.25, 0.3) is 0 Å². The topological polar surface area (TPSA) is 96.0 Å². The molecule has 3 aliphatic carbocycles. The predicted octanol–water partition coefficient (Wildman–Crippen LogP) is 5.44. The first kappa shape index (κ1) is 30.5.